The van der Waals surface area contributed by atoms with Gasteiger partial charge in [0.25, 0.3) is 5.91 Å². The molecule has 1 fully saturated rings. The lowest BCUT2D eigenvalue weighted by Gasteiger charge is -2.32. The number of nitrogens with one attached hydrogen (secondary N) is 1. The van der Waals surface area contributed by atoms with Gasteiger partial charge in [-0.2, -0.15) is 0 Å². The maximum atomic E-state index is 12.8. The van der Waals surface area contributed by atoms with Crippen molar-refractivity contribution >= 4 is 29.1 Å². The van der Waals surface area contributed by atoms with Gasteiger partial charge in [0.2, 0.25) is 0 Å². The van der Waals surface area contributed by atoms with Crippen molar-refractivity contribution in [1.82, 2.24) is 10.2 Å². The highest BCUT2D eigenvalue weighted by Crippen LogP contribution is 2.36. The van der Waals surface area contributed by atoms with Crippen molar-refractivity contribution in [3.8, 4) is 11.5 Å². The number of benzene rings is 2. The lowest BCUT2D eigenvalue weighted by Crippen LogP contribution is -2.44. The number of rotatable bonds is 8. The van der Waals surface area contributed by atoms with Gasteiger partial charge in [-0.15, -0.1) is 0 Å². The molecule has 5 nitrogen and oxygen atoms in total. The van der Waals surface area contributed by atoms with E-state index in [0.29, 0.717) is 28.7 Å². The summed E-state index contributed by atoms with van der Waals surface area (Å²) in [5.74, 6) is 0.806. The summed E-state index contributed by atoms with van der Waals surface area (Å²) in [5.41, 5.74) is 1.72. The second-order valence-corrected chi connectivity index (χ2v) is 8.33. The highest BCUT2D eigenvalue weighted by Gasteiger charge is 2.22. The molecule has 0 bridgehead atoms. The fourth-order valence-electron chi connectivity index (χ4n) is 3.55. The Hall–Kier alpha value is -1.95. The van der Waals surface area contributed by atoms with Gasteiger partial charge in [-0.05, 0) is 49.1 Å². The lowest BCUT2D eigenvalue weighted by atomic mass is 10.0. The summed E-state index contributed by atoms with van der Waals surface area (Å²) < 4.78 is 11.0. The molecule has 1 N–H and O–H groups in total. The largest absolute Gasteiger partial charge is 0.493 e. The third kappa shape index (κ3) is 6.03. The first-order chi connectivity index (χ1) is 14.5. The zero-order chi connectivity index (χ0) is 21.5. The average molecular weight is 451 g/mol. The summed E-state index contributed by atoms with van der Waals surface area (Å²) in [6.45, 7) is 5.31. The van der Waals surface area contributed by atoms with Crippen LogP contribution in [0.1, 0.15) is 42.1 Å². The number of carbonyl (C=O) groups excluding carboxylic acids is 1. The van der Waals surface area contributed by atoms with Crippen LogP contribution in [0.4, 0.5) is 0 Å². The number of nitrogens with zero attached hydrogens (tertiary/aromatic N) is 1. The number of halogens is 2. The fraction of sp³-hybridized carbons (Fsp3) is 0.435. The van der Waals surface area contributed by atoms with E-state index in [1.807, 2.05) is 19.1 Å². The molecule has 7 heteroatoms. The van der Waals surface area contributed by atoms with Crippen molar-refractivity contribution in [3.05, 3.63) is 57.6 Å². The number of amides is 1. The minimum Gasteiger partial charge on any atom is -0.493 e. The zero-order valence-corrected chi connectivity index (χ0v) is 18.9. The van der Waals surface area contributed by atoms with Gasteiger partial charge in [0.15, 0.2) is 11.5 Å². The topological polar surface area (TPSA) is 50.8 Å². The Kier molecular flexibility index (Phi) is 8.25. The number of methoxy groups -OCH3 is 1. The Morgan fingerprint density at radius 2 is 1.87 bits per heavy atom. The smallest absolute Gasteiger partial charge is 0.251 e. The summed E-state index contributed by atoms with van der Waals surface area (Å²) in [6, 6.07) is 11.4. The summed E-state index contributed by atoms with van der Waals surface area (Å²) in [6.07, 6.45) is 2.67. The van der Waals surface area contributed by atoms with Gasteiger partial charge >= 0.3 is 0 Å². The number of ether oxygens (including phenoxy) is 2. The first-order valence-electron chi connectivity index (χ1n) is 10.3. The van der Waals surface area contributed by atoms with Crippen LogP contribution >= 0.6 is 23.2 Å². The molecular formula is C23H28Cl2N2O3. The molecule has 3 rings (SSSR count). The van der Waals surface area contributed by atoms with Crippen LogP contribution in [0.5, 0.6) is 11.5 Å². The minimum atomic E-state index is -0.145. The molecule has 1 heterocycles. The van der Waals surface area contributed by atoms with E-state index in [2.05, 4.69) is 22.3 Å². The van der Waals surface area contributed by atoms with Crippen LogP contribution in [0.3, 0.4) is 0 Å². The van der Waals surface area contributed by atoms with Crippen molar-refractivity contribution in [2.24, 2.45) is 0 Å². The molecular weight excluding hydrogens is 423 g/mol. The Morgan fingerprint density at radius 3 is 2.50 bits per heavy atom. The van der Waals surface area contributed by atoms with E-state index in [1.165, 1.54) is 5.56 Å². The van der Waals surface area contributed by atoms with Crippen LogP contribution in [0.2, 0.25) is 10.0 Å². The predicted octanol–water partition coefficient (Wildman–Crippen LogP) is 5.19. The van der Waals surface area contributed by atoms with Crippen LogP contribution in [0.25, 0.3) is 0 Å². The summed E-state index contributed by atoms with van der Waals surface area (Å²) in [5, 5.41) is 4.26. The van der Waals surface area contributed by atoms with Crippen LogP contribution < -0.4 is 14.8 Å². The van der Waals surface area contributed by atoms with E-state index in [1.54, 1.807) is 19.2 Å². The van der Waals surface area contributed by atoms with Crippen LogP contribution in [0, 0.1) is 0 Å². The van der Waals surface area contributed by atoms with Gasteiger partial charge in [-0.3, -0.25) is 9.69 Å². The number of hydrogen-bond acceptors (Lipinski definition) is 4. The minimum absolute atomic E-state index is 0.139. The van der Waals surface area contributed by atoms with Gasteiger partial charge in [0, 0.05) is 36.3 Å². The third-order valence-electron chi connectivity index (χ3n) is 5.18. The van der Waals surface area contributed by atoms with Crippen LogP contribution in [-0.2, 0) is 6.54 Å². The fourth-order valence-corrected chi connectivity index (χ4v) is 3.94. The molecule has 0 unspecified atom stereocenters. The number of carbonyl (C=O) groups is 1. The molecule has 2 aromatic rings. The van der Waals surface area contributed by atoms with E-state index < -0.39 is 0 Å². The van der Waals surface area contributed by atoms with Crippen molar-refractivity contribution in [2.75, 3.05) is 26.8 Å². The maximum Gasteiger partial charge on any atom is 0.251 e. The quantitative estimate of drug-likeness (QED) is 0.601. The Balaban J connectivity index is 1.55. The van der Waals surface area contributed by atoms with E-state index in [0.717, 1.165) is 43.9 Å². The summed E-state index contributed by atoms with van der Waals surface area (Å²) in [7, 11) is 1.54. The predicted molar refractivity (Wildman–Crippen MR) is 121 cm³/mol. The van der Waals surface area contributed by atoms with Crippen molar-refractivity contribution in [1.29, 1.82) is 0 Å². The van der Waals surface area contributed by atoms with Gasteiger partial charge in [0.1, 0.15) is 0 Å². The molecule has 30 heavy (non-hydrogen) atoms. The number of likely N-dealkylation sites (tertiary alicyclic amines) is 1. The zero-order valence-electron chi connectivity index (χ0n) is 17.4. The van der Waals surface area contributed by atoms with Crippen molar-refractivity contribution < 1.29 is 14.3 Å². The van der Waals surface area contributed by atoms with E-state index >= 15 is 0 Å². The highest BCUT2D eigenvalue weighted by atomic mass is 35.5. The molecule has 1 amide bonds. The van der Waals surface area contributed by atoms with Gasteiger partial charge in [0.05, 0.1) is 18.7 Å². The molecule has 0 aromatic heterocycles. The first-order valence-corrected chi connectivity index (χ1v) is 11.0. The molecule has 1 aliphatic rings. The average Bonchev–Trinajstić information content (AvgIpc) is 2.75. The monoisotopic (exact) mass is 450 g/mol. The van der Waals surface area contributed by atoms with E-state index in [9.17, 15) is 4.79 Å². The SMILES string of the molecule is CCCOc1c(Cl)cc(C(=O)NC2CCN(Cc3ccc(Cl)cc3)CC2)cc1OC. The molecule has 162 valence electrons. The van der Waals surface area contributed by atoms with Crippen molar-refractivity contribution in [3.63, 3.8) is 0 Å². The Morgan fingerprint density at radius 1 is 1.17 bits per heavy atom. The van der Waals surface area contributed by atoms with Crippen LogP contribution in [0.15, 0.2) is 36.4 Å². The Labute approximate surface area is 188 Å². The maximum absolute atomic E-state index is 12.8. The number of piperidine rings is 1. The molecule has 0 saturated carbocycles. The second kappa shape index (κ2) is 10.9. The Bertz CT molecular complexity index is 850. The van der Waals surface area contributed by atoms with E-state index in [4.69, 9.17) is 32.7 Å². The number of hydrogen-bond donors (Lipinski definition) is 1. The van der Waals surface area contributed by atoms with Gasteiger partial charge in [-0.25, -0.2) is 0 Å². The van der Waals surface area contributed by atoms with Crippen LogP contribution in [-0.4, -0.2) is 43.7 Å². The molecule has 1 aliphatic heterocycles. The molecule has 1 saturated heterocycles. The lowest BCUT2D eigenvalue weighted by molar-refractivity contribution is 0.0908. The first kappa shape index (κ1) is 22.7. The standard InChI is InChI=1S/C23H28Cl2N2O3/c1-3-12-30-22-20(25)13-17(14-21(22)29-2)23(28)26-19-8-10-27(11-9-19)15-16-4-6-18(24)7-5-16/h4-7,13-14,19H,3,8-12,15H2,1-2H3,(H,26,28). The highest BCUT2D eigenvalue weighted by molar-refractivity contribution is 6.32. The summed E-state index contributed by atoms with van der Waals surface area (Å²) in [4.78, 5) is 15.2. The van der Waals surface area contributed by atoms with E-state index in [-0.39, 0.29) is 11.9 Å². The molecule has 0 atom stereocenters. The second-order valence-electron chi connectivity index (χ2n) is 7.49. The normalized spacial score (nSPS) is 15.1. The van der Waals surface area contributed by atoms with Gasteiger partial charge in [-0.1, -0.05) is 42.3 Å². The molecule has 0 spiro atoms. The molecule has 2 aromatic carbocycles. The summed E-state index contributed by atoms with van der Waals surface area (Å²) >= 11 is 12.3. The third-order valence-corrected chi connectivity index (χ3v) is 5.72. The van der Waals surface area contributed by atoms with Gasteiger partial charge < -0.3 is 14.8 Å². The van der Waals surface area contributed by atoms with Crippen molar-refractivity contribution in [2.45, 2.75) is 38.8 Å². The molecule has 0 aliphatic carbocycles. The molecule has 0 radical (unpaired) electrons.